The minimum atomic E-state index is 0.466. The summed E-state index contributed by atoms with van der Waals surface area (Å²) in [5.41, 5.74) is 8.96. The number of nitrogens with two attached hydrogens (primary N) is 1. The second kappa shape index (κ2) is 6.47. The Labute approximate surface area is 119 Å². The molecule has 0 spiro atoms. The quantitative estimate of drug-likeness (QED) is 0.836. The predicted molar refractivity (Wildman–Crippen MR) is 79.8 cm³/mol. The van der Waals surface area contributed by atoms with Gasteiger partial charge in [0.1, 0.15) is 6.33 Å². The Morgan fingerprint density at radius 1 is 1.35 bits per heavy atom. The third-order valence-electron chi connectivity index (χ3n) is 3.62. The second-order valence-electron chi connectivity index (χ2n) is 5.38. The van der Waals surface area contributed by atoms with Gasteiger partial charge >= 0.3 is 0 Å². The van der Waals surface area contributed by atoms with E-state index in [2.05, 4.69) is 52.9 Å². The van der Waals surface area contributed by atoms with Crippen LogP contribution >= 0.6 is 0 Å². The van der Waals surface area contributed by atoms with Gasteiger partial charge in [-0.05, 0) is 53.4 Å². The highest BCUT2D eigenvalue weighted by Crippen LogP contribution is 2.19. The minimum Gasteiger partial charge on any atom is -0.385 e. The van der Waals surface area contributed by atoms with Crippen molar-refractivity contribution < 1.29 is 0 Å². The molecular weight excluding hydrogens is 252 g/mol. The summed E-state index contributed by atoms with van der Waals surface area (Å²) >= 11 is 0. The number of hydrogen-bond donors (Lipinski definition) is 2. The van der Waals surface area contributed by atoms with Crippen molar-refractivity contribution in [2.45, 2.75) is 20.8 Å². The molecule has 1 aromatic heterocycles. The van der Waals surface area contributed by atoms with Crippen molar-refractivity contribution in [1.29, 1.82) is 0 Å². The SMILES string of the molecule is Cc1ccc(NCC(CN)C(C)C)cc1-n1cnnn1. The lowest BCUT2D eigenvalue weighted by molar-refractivity contribution is 0.413. The lowest BCUT2D eigenvalue weighted by atomic mass is 9.96. The van der Waals surface area contributed by atoms with Crippen molar-refractivity contribution in [2.24, 2.45) is 17.6 Å². The number of benzene rings is 1. The van der Waals surface area contributed by atoms with Crippen molar-refractivity contribution in [3.05, 3.63) is 30.1 Å². The van der Waals surface area contributed by atoms with Gasteiger partial charge in [-0.25, -0.2) is 4.68 Å². The first-order valence-corrected chi connectivity index (χ1v) is 6.89. The molecule has 1 unspecified atom stereocenters. The summed E-state index contributed by atoms with van der Waals surface area (Å²) in [7, 11) is 0. The van der Waals surface area contributed by atoms with Gasteiger partial charge in [0.2, 0.25) is 0 Å². The van der Waals surface area contributed by atoms with E-state index >= 15 is 0 Å². The minimum absolute atomic E-state index is 0.466. The Morgan fingerprint density at radius 3 is 2.75 bits per heavy atom. The molecule has 0 saturated carbocycles. The Kier molecular flexibility index (Phi) is 4.68. The number of hydrogen-bond acceptors (Lipinski definition) is 5. The highest BCUT2D eigenvalue weighted by molar-refractivity contribution is 5.54. The van der Waals surface area contributed by atoms with Gasteiger partial charge in [-0.1, -0.05) is 19.9 Å². The number of rotatable bonds is 6. The molecule has 2 aromatic rings. The standard InChI is InChI=1S/C14H22N6/c1-10(2)12(7-15)8-16-13-5-4-11(3)14(6-13)20-9-17-18-19-20/h4-6,9-10,12,16H,7-8,15H2,1-3H3. The van der Waals surface area contributed by atoms with Crippen LogP contribution in [0.25, 0.3) is 5.69 Å². The van der Waals surface area contributed by atoms with Crippen LogP contribution in [-0.4, -0.2) is 33.3 Å². The topological polar surface area (TPSA) is 81.6 Å². The lowest BCUT2D eigenvalue weighted by Crippen LogP contribution is -2.27. The molecule has 108 valence electrons. The fraction of sp³-hybridized carbons (Fsp3) is 0.500. The van der Waals surface area contributed by atoms with Crippen LogP contribution in [0.5, 0.6) is 0 Å². The van der Waals surface area contributed by atoms with Crippen LogP contribution in [0.2, 0.25) is 0 Å². The number of nitrogens with zero attached hydrogens (tertiary/aromatic N) is 4. The summed E-state index contributed by atoms with van der Waals surface area (Å²) in [6.07, 6.45) is 1.60. The second-order valence-corrected chi connectivity index (χ2v) is 5.38. The zero-order valence-electron chi connectivity index (χ0n) is 12.2. The van der Waals surface area contributed by atoms with Gasteiger partial charge in [0.25, 0.3) is 0 Å². The summed E-state index contributed by atoms with van der Waals surface area (Å²) in [5, 5.41) is 14.7. The fourth-order valence-electron chi connectivity index (χ4n) is 2.08. The first kappa shape index (κ1) is 14.5. The molecule has 0 aliphatic rings. The van der Waals surface area contributed by atoms with Gasteiger partial charge in [-0.3, -0.25) is 0 Å². The molecule has 2 rings (SSSR count). The molecule has 0 amide bonds. The van der Waals surface area contributed by atoms with Gasteiger partial charge in [-0.15, -0.1) is 5.10 Å². The van der Waals surface area contributed by atoms with Gasteiger partial charge < -0.3 is 11.1 Å². The Morgan fingerprint density at radius 2 is 2.15 bits per heavy atom. The normalized spacial score (nSPS) is 12.7. The summed E-state index contributed by atoms with van der Waals surface area (Å²) in [6, 6.07) is 6.18. The van der Waals surface area contributed by atoms with Crippen LogP contribution in [0.4, 0.5) is 5.69 Å². The van der Waals surface area contributed by atoms with E-state index in [4.69, 9.17) is 5.73 Å². The van der Waals surface area contributed by atoms with E-state index in [0.717, 1.165) is 23.5 Å². The first-order valence-electron chi connectivity index (χ1n) is 6.89. The molecular formula is C14H22N6. The highest BCUT2D eigenvalue weighted by Gasteiger charge is 2.11. The average molecular weight is 274 g/mol. The maximum Gasteiger partial charge on any atom is 0.143 e. The van der Waals surface area contributed by atoms with E-state index < -0.39 is 0 Å². The van der Waals surface area contributed by atoms with E-state index in [1.54, 1.807) is 11.0 Å². The summed E-state index contributed by atoms with van der Waals surface area (Å²) in [5.74, 6) is 1.03. The van der Waals surface area contributed by atoms with Crippen LogP contribution in [0.3, 0.4) is 0 Å². The predicted octanol–water partition coefficient (Wildman–Crippen LogP) is 1.61. The van der Waals surface area contributed by atoms with Crippen LogP contribution in [-0.2, 0) is 0 Å². The molecule has 6 heteroatoms. The van der Waals surface area contributed by atoms with Gasteiger partial charge in [0, 0.05) is 12.2 Å². The van der Waals surface area contributed by atoms with Crippen LogP contribution in [0.1, 0.15) is 19.4 Å². The van der Waals surface area contributed by atoms with Crippen LogP contribution in [0.15, 0.2) is 24.5 Å². The van der Waals surface area contributed by atoms with Gasteiger partial charge in [0.15, 0.2) is 0 Å². The molecule has 6 nitrogen and oxygen atoms in total. The Bertz CT molecular complexity index is 535. The van der Waals surface area contributed by atoms with Crippen molar-refractivity contribution in [2.75, 3.05) is 18.4 Å². The molecule has 3 N–H and O–H groups in total. The number of anilines is 1. The van der Waals surface area contributed by atoms with Crippen molar-refractivity contribution >= 4 is 5.69 Å². The molecule has 0 saturated heterocycles. The molecule has 20 heavy (non-hydrogen) atoms. The fourth-order valence-corrected chi connectivity index (χ4v) is 2.08. The van der Waals surface area contributed by atoms with Gasteiger partial charge in [-0.2, -0.15) is 0 Å². The summed E-state index contributed by atoms with van der Waals surface area (Å²) in [4.78, 5) is 0. The van der Waals surface area contributed by atoms with E-state index in [9.17, 15) is 0 Å². The monoisotopic (exact) mass is 274 g/mol. The summed E-state index contributed by atoms with van der Waals surface area (Å²) in [6.45, 7) is 7.99. The molecule has 1 heterocycles. The largest absolute Gasteiger partial charge is 0.385 e. The Hall–Kier alpha value is -1.95. The Balaban J connectivity index is 2.12. The van der Waals surface area contributed by atoms with E-state index in [1.807, 2.05) is 6.92 Å². The molecule has 0 fully saturated rings. The zero-order chi connectivity index (χ0) is 14.5. The third-order valence-corrected chi connectivity index (χ3v) is 3.62. The number of aryl methyl sites for hydroxylation is 1. The van der Waals surface area contributed by atoms with Crippen molar-refractivity contribution in [3.8, 4) is 5.69 Å². The van der Waals surface area contributed by atoms with Crippen LogP contribution < -0.4 is 11.1 Å². The third kappa shape index (κ3) is 3.33. The molecule has 0 bridgehead atoms. The van der Waals surface area contributed by atoms with Crippen molar-refractivity contribution in [3.63, 3.8) is 0 Å². The molecule has 0 radical (unpaired) electrons. The molecule has 1 aromatic carbocycles. The lowest BCUT2D eigenvalue weighted by Gasteiger charge is -2.20. The number of tetrazole rings is 1. The molecule has 1 atom stereocenters. The molecule has 0 aliphatic heterocycles. The molecule has 0 aliphatic carbocycles. The highest BCUT2D eigenvalue weighted by atomic mass is 15.5. The summed E-state index contributed by atoms with van der Waals surface area (Å²) < 4.78 is 1.67. The smallest absolute Gasteiger partial charge is 0.143 e. The average Bonchev–Trinajstić information content (AvgIpc) is 2.94. The number of aromatic nitrogens is 4. The maximum atomic E-state index is 5.80. The first-order chi connectivity index (χ1) is 9.61. The van der Waals surface area contributed by atoms with E-state index in [0.29, 0.717) is 18.4 Å². The number of nitrogens with one attached hydrogen (secondary N) is 1. The zero-order valence-corrected chi connectivity index (χ0v) is 12.2. The van der Waals surface area contributed by atoms with Crippen molar-refractivity contribution in [1.82, 2.24) is 20.2 Å². The van der Waals surface area contributed by atoms with Gasteiger partial charge in [0.05, 0.1) is 5.69 Å². The van der Waals surface area contributed by atoms with E-state index in [-0.39, 0.29) is 0 Å². The maximum absolute atomic E-state index is 5.80. The van der Waals surface area contributed by atoms with E-state index in [1.165, 1.54) is 0 Å². The van der Waals surface area contributed by atoms with Crippen LogP contribution in [0, 0.1) is 18.8 Å².